The van der Waals surface area contributed by atoms with E-state index >= 15 is 0 Å². The van der Waals surface area contributed by atoms with Gasteiger partial charge in [0.15, 0.2) is 0 Å². The highest BCUT2D eigenvalue weighted by Gasteiger charge is 2.28. The molecule has 0 unspecified atom stereocenters. The standard InChI is InChI=1S/C24H32O3/c1-7-23(4,5)22(25)26-19-15-16-21(27-24(6,8-2)9-3)20(17-19)18-13-11-10-12-14-18/h10-17H,7-9H2,1-6H3. The second-order valence-corrected chi connectivity index (χ2v) is 7.91. The molecular weight excluding hydrogens is 336 g/mol. The van der Waals surface area contributed by atoms with Crippen LogP contribution in [0.1, 0.15) is 60.8 Å². The van der Waals surface area contributed by atoms with Crippen LogP contribution in [0.4, 0.5) is 0 Å². The molecule has 0 aliphatic heterocycles. The molecule has 3 heteroatoms. The molecule has 0 spiro atoms. The Labute approximate surface area is 163 Å². The maximum Gasteiger partial charge on any atom is 0.316 e. The third-order valence-electron chi connectivity index (χ3n) is 5.53. The van der Waals surface area contributed by atoms with Crippen LogP contribution in [0.25, 0.3) is 11.1 Å². The normalized spacial score (nSPS) is 11.9. The zero-order valence-electron chi connectivity index (χ0n) is 17.5. The smallest absolute Gasteiger partial charge is 0.316 e. The summed E-state index contributed by atoms with van der Waals surface area (Å²) < 4.78 is 12.1. The largest absolute Gasteiger partial charge is 0.487 e. The zero-order chi connectivity index (χ0) is 20.1. The highest BCUT2D eigenvalue weighted by atomic mass is 16.5. The summed E-state index contributed by atoms with van der Waals surface area (Å²) in [5, 5.41) is 0. The van der Waals surface area contributed by atoms with Gasteiger partial charge in [-0.15, -0.1) is 0 Å². The summed E-state index contributed by atoms with van der Waals surface area (Å²) in [5.74, 6) is 1.13. The Hall–Kier alpha value is -2.29. The van der Waals surface area contributed by atoms with Crippen LogP contribution in [0.3, 0.4) is 0 Å². The van der Waals surface area contributed by atoms with E-state index in [2.05, 4.69) is 20.8 Å². The molecular formula is C24H32O3. The highest BCUT2D eigenvalue weighted by Crippen LogP contribution is 2.37. The van der Waals surface area contributed by atoms with E-state index in [0.29, 0.717) is 5.75 Å². The van der Waals surface area contributed by atoms with Crippen LogP contribution in [0.15, 0.2) is 48.5 Å². The van der Waals surface area contributed by atoms with Crippen molar-refractivity contribution in [3.8, 4) is 22.6 Å². The molecule has 0 amide bonds. The Morgan fingerprint density at radius 3 is 2.07 bits per heavy atom. The second-order valence-electron chi connectivity index (χ2n) is 7.91. The fourth-order valence-corrected chi connectivity index (χ4v) is 2.55. The molecule has 0 fully saturated rings. The Balaban J connectivity index is 2.43. The molecule has 0 saturated carbocycles. The second kappa shape index (κ2) is 8.60. The van der Waals surface area contributed by atoms with Crippen molar-refractivity contribution in [2.45, 2.75) is 66.4 Å². The molecule has 2 aromatic carbocycles. The fourth-order valence-electron chi connectivity index (χ4n) is 2.55. The van der Waals surface area contributed by atoms with Crippen LogP contribution < -0.4 is 9.47 Å². The van der Waals surface area contributed by atoms with Gasteiger partial charge in [0.2, 0.25) is 0 Å². The van der Waals surface area contributed by atoms with Gasteiger partial charge in [-0.2, -0.15) is 0 Å². The van der Waals surface area contributed by atoms with E-state index in [-0.39, 0.29) is 11.6 Å². The van der Waals surface area contributed by atoms with Gasteiger partial charge in [-0.05, 0) is 63.8 Å². The molecule has 0 atom stereocenters. The Kier molecular flexibility index (Phi) is 6.69. The average molecular weight is 369 g/mol. The van der Waals surface area contributed by atoms with Crippen LogP contribution in [0, 0.1) is 5.41 Å². The number of benzene rings is 2. The monoisotopic (exact) mass is 368 g/mol. The molecule has 3 nitrogen and oxygen atoms in total. The lowest BCUT2D eigenvalue weighted by Crippen LogP contribution is -2.30. The quantitative estimate of drug-likeness (QED) is 0.386. The van der Waals surface area contributed by atoms with Crippen molar-refractivity contribution in [2.75, 3.05) is 0 Å². The van der Waals surface area contributed by atoms with Crippen molar-refractivity contribution in [3.05, 3.63) is 48.5 Å². The molecule has 0 bridgehead atoms. The highest BCUT2D eigenvalue weighted by molar-refractivity contribution is 5.79. The van der Waals surface area contributed by atoms with Crippen molar-refractivity contribution in [1.29, 1.82) is 0 Å². The molecule has 27 heavy (non-hydrogen) atoms. The lowest BCUT2D eigenvalue weighted by molar-refractivity contribution is -0.144. The molecule has 0 N–H and O–H groups in total. The number of carbonyl (C=O) groups excluding carboxylic acids is 1. The van der Waals surface area contributed by atoms with Gasteiger partial charge in [0.1, 0.15) is 17.1 Å². The van der Waals surface area contributed by atoms with E-state index in [9.17, 15) is 4.79 Å². The van der Waals surface area contributed by atoms with Crippen molar-refractivity contribution < 1.29 is 14.3 Å². The minimum absolute atomic E-state index is 0.218. The van der Waals surface area contributed by atoms with Crippen molar-refractivity contribution in [2.24, 2.45) is 5.41 Å². The number of esters is 1. The first-order valence-corrected chi connectivity index (χ1v) is 9.85. The lowest BCUT2D eigenvalue weighted by atomic mass is 9.91. The number of carbonyl (C=O) groups is 1. The first kappa shape index (κ1) is 21.0. The minimum Gasteiger partial charge on any atom is -0.487 e. The van der Waals surface area contributed by atoms with Gasteiger partial charge in [0.25, 0.3) is 0 Å². The maximum atomic E-state index is 12.5. The summed E-state index contributed by atoms with van der Waals surface area (Å²) in [5.41, 5.74) is 1.23. The van der Waals surface area contributed by atoms with Crippen LogP contribution >= 0.6 is 0 Å². The van der Waals surface area contributed by atoms with Gasteiger partial charge in [0.05, 0.1) is 5.41 Å². The van der Waals surface area contributed by atoms with Gasteiger partial charge in [-0.25, -0.2) is 0 Å². The first-order valence-electron chi connectivity index (χ1n) is 9.85. The van der Waals surface area contributed by atoms with E-state index in [1.807, 2.05) is 69.3 Å². The van der Waals surface area contributed by atoms with Gasteiger partial charge in [-0.3, -0.25) is 4.79 Å². The third kappa shape index (κ3) is 5.12. The van der Waals surface area contributed by atoms with Crippen LogP contribution in [0.5, 0.6) is 11.5 Å². The van der Waals surface area contributed by atoms with E-state index in [1.165, 1.54) is 0 Å². The Morgan fingerprint density at radius 2 is 1.52 bits per heavy atom. The van der Waals surface area contributed by atoms with E-state index < -0.39 is 5.41 Å². The molecule has 0 saturated heterocycles. The van der Waals surface area contributed by atoms with Gasteiger partial charge < -0.3 is 9.47 Å². The predicted molar refractivity (Wildman–Crippen MR) is 111 cm³/mol. The van der Waals surface area contributed by atoms with Crippen LogP contribution in [-0.4, -0.2) is 11.6 Å². The van der Waals surface area contributed by atoms with Gasteiger partial charge in [0, 0.05) is 5.56 Å². The lowest BCUT2D eigenvalue weighted by Gasteiger charge is -2.30. The number of rotatable bonds is 8. The zero-order valence-corrected chi connectivity index (χ0v) is 17.5. The maximum absolute atomic E-state index is 12.5. The average Bonchev–Trinajstić information content (AvgIpc) is 2.69. The molecule has 0 aromatic heterocycles. The van der Waals surface area contributed by atoms with Crippen LogP contribution in [-0.2, 0) is 4.79 Å². The Bertz CT molecular complexity index is 758. The molecule has 0 aliphatic rings. The summed E-state index contributed by atoms with van der Waals surface area (Å²) in [4.78, 5) is 12.5. The molecule has 0 heterocycles. The molecule has 2 rings (SSSR count). The number of hydrogen-bond donors (Lipinski definition) is 0. The summed E-state index contributed by atoms with van der Waals surface area (Å²) >= 11 is 0. The summed E-state index contributed by atoms with van der Waals surface area (Å²) in [6.07, 6.45) is 2.56. The molecule has 0 radical (unpaired) electrons. The first-order chi connectivity index (χ1) is 12.7. The SMILES string of the molecule is CCC(C)(CC)Oc1ccc(OC(=O)C(C)(C)CC)cc1-c1ccccc1. The van der Waals surface area contributed by atoms with Crippen molar-refractivity contribution >= 4 is 5.97 Å². The number of hydrogen-bond acceptors (Lipinski definition) is 3. The molecule has 0 aliphatic carbocycles. The van der Waals surface area contributed by atoms with Crippen molar-refractivity contribution in [3.63, 3.8) is 0 Å². The third-order valence-corrected chi connectivity index (χ3v) is 5.53. The molecule has 2 aromatic rings. The predicted octanol–water partition coefficient (Wildman–Crippen LogP) is 6.65. The number of ether oxygens (including phenoxy) is 2. The fraction of sp³-hybridized carbons (Fsp3) is 0.458. The van der Waals surface area contributed by atoms with E-state index in [1.54, 1.807) is 0 Å². The molecule has 146 valence electrons. The minimum atomic E-state index is -0.509. The summed E-state index contributed by atoms with van der Waals surface area (Å²) in [6.45, 7) is 12.2. The Morgan fingerprint density at radius 1 is 0.889 bits per heavy atom. The van der Waals surface area contributed by atoms with Crippen molar-refractivity contribution in [1.82, 2.24) is 0 Å². The van der Waals surface area contributed by atoms with Gasteiger partial charge >= 0.3 is 5.97 Å². The topological polar surface area (TPSA) is 35.5 Å². The summed E-state index contributed by atoms with van der Waals surface area (Å²) in [6, 6.07) is 15.7. The van der Waals surface area contributed by atoms with E-state index in [4.69, 9.17) is 9.47 Å². The van der Waals surface area contributed by atoms with Gasteiger partial charge in [-0.1, -0.05) is 51.1 Å². The summed E-state index contributed by atoms with van der Waals surface area (Å²) in [7, 11) is 0. The van der Waals surface area contributed by atoms with Crippen LogP contribution in [0.2, 0.25) is 0 Å². The van der Waals surface area contributed by atoms with E-state index in [0.717, 1.165) is 36.1 Å².